The molecule has 1 fully saturated rings. The summed E-state index contributed by atoms with van der Waals surface area (Å²) in [5, 5.41) is 6.33. The molecule has 0 saturated heterocycles. The molecule has 1 aliphatic carbocycles. The van der Waals surface area contributed by atoms with E-state index in [9.17, 15) is 4.79 Å². The summed E-state index contributed by atoms with van der Waals surface area (Å²) in [6.45, 7) is 4.87. The quantitative estimate of drug-likeness (QED) is 0.791. The summed E-state index contributed by atoms with van der Waals surface area (Å²) in [6.07, 6.45) is 4.53. The number of benzene rings is 1. The summed E-state index contributed by atoms with van der Waals surface area (Å²) in [5.41, 5.74) is 2.21. The molecule has 19 heavy (non-hydrogen) atoms. The molecule has 1 aliphatic rings. The van der Waals surface area contributed by atoms with Gasteiger partial charge in [0.25, 0.3) is 0 Å². The SMILES string of the molecule is CCNC(=O)Cc1ccc(NC(C)CC2CC2)cc1. The van der Waals surface area contributed by atoms with Crippen LogP contribution in [0.1, 0.15) is 38.7 Å². The van der Waals surface area contributed by atoms with Gasteiger partial charge in [-0.1, -0.05) is 25.0 Å². The van der Waals surface area contributed by atoms with E-state index < -0.39 is 0 Å². The van der Waals surface area contributed by atoms with Crippen LogP contribution in [0.4, 0.5) is 5.69 Å². The molecule has 0 aliphatic heterocycles. The van der Waals surface area contributed by atoms with Crippen LogP contribution in [0.15, 0.2) is 24.3 Å². The van der Waals surface area contributed by atoms with E-state index in [0.29, 0.717) is 19.0 Å². The van der Waals surface area contributed by atoms with Gasteiger partial charge in [0.2, 0.25) is 5.91 Å². The Hall–Kier alpha value is -1.51. The van der Waals surface area contributed by atoms with Crippen LogP contribution in [0.25, 0.3) is 0 Å². The number of hydrogen-bond donors (Lipinski definition) is 2. The second-order valence-electron chi connectivity index (χ2n) is 5.55. The molecule has 1 amide bonds. The van der Waals surface area contributed by atoms with Crippen molar-refractivity contribution in [2.45, 2.75) is 45.6 Å². The van der Waals surface area contributed by atoms with Gasteiger partial charge >= 0.3 is 0 Å². The van der Waals surface area contributed by atoms with Gasteiger partial charge < -0.3 is 10.6 Å². The highest BCUT2D eigenvalue weighted by Gasteiger charge is 2.23. The average Bonchev–Trinajstić information content (AvgIpc) is 3.16. The minimum atomic E-state index is 0.0883. The maximum Gasteiger partial charge on any atom is 0.224 e. The third kappa shape index (κ3) is 4.93. The average molecular weight is 260 g/mol. The molecule has 0 spiro atoms. The molecular formula is C16H24N2O. The number of nitrogens with one attached hydrogen (secondary N) is 2. The van der Waals surface area contributed by atoms with Crippen molar-refractivity contribution in [2.24, 2.45) is 5.92 Å². The van der Waals surface area contributed by atoms with Gasteiger partial charge in [-0.25, -0.2) is 0 Å². The van der Waals surface area contributed by atoms with E-state index in [1.807, 2.05) is 19.1 Å². The minimum absolute atomic E-state index is 0.0883. The molecule has 104 valence electrons. The lowest BCUT2D eigenvalue weighted by Gasteiger charge is -2.15. The zero-order valence-electron chi connectivity index (χ0n) is 11.9. The van der Waals surface area contributed by atoms with E-state index >= 15 is 0 Å². The Morgan fingerprint density at radius 2 is 2.00 bits per heavy atom. The van der Waals surface area contributed by atoms with Gasteiger partial charge in [-0.2, -0.15) is 0 Å². The highest BCUT2D eigenvalue weighted by molar-refractivity contribution is 5.78. The fourth-order valence-electron chi connectivity index (χ4n) is 2.36. The molecule has 2 N–H and O–H groups in total. The second kappa shape index (κ2) is 6.60. The standard InChI is InChI=1S/C16H24N2O/c1-3-17-16(19)11-14-6-8-15(9-7-14)18-12(2)10-13-4-5-13/h6-9,12-13,18H,3-5,10-11H2,1-2H3,(H,17,19). The van der Waals surface area contributed by atoms with E-state index in [0.717, 1.165) is 17.2 Å². The lowest BCUT2D eigenvalue weighted by Crippen LogP contribution is -2.24. The summed E-state index contributed by atoms with van der Waals surface area (Å²) < 4.78 is 0. The predicted octanol–water partition coefficient (Wildman–Crippen LogP) is 2.97. The van der Waals surface area contributed by atoms with Crippen LogP contribution >= 0.6 is 0 Å². The first-order valence-electron chi connectivity index (χ1n) is 7.29. The van der Waals surface area contributed by atoms with Crippen LogP contribution in [0.2, 0.25) is 0 Å². The van der Waals surface area contributed by atoms with Gasteiger partial charge in [0.1, 0.15) is 0 Å². The number of anilines is 1. The fourth-order valence-corrected chi connectivity index (χ4v) is 2.36. The number of hydrogen-bond acceptors (Lipinski definition) is 2. The van der Waals surface area contributed by atoms with E-state index in [1.165, 1.54) is 19.3 Å². The highest BCUT2D eigenvalue weighted by Crippen LogP contribution is 2.34. The summed E-state index contributed by atoms with van der Waals surface area (Å²) in [4.78, 5) is 11.5. The normalized spacial score (nSPS) is 15.9. The van der Waals surface area contributed by atoms with Crippen molar-refractivity contribution in [2.75, 3.05) is 11.9 Å². The van der Waals surface area contributed by atoms with E-state index in [2.05, 4.69) is 29.7 Å². The molecule has 1 saturated carbocycles. The molecular weight excluding hydrogens is 236 g/mol. The van der Waals surface area contributed by atoms with Crippen molar-refractivity contribution >= 4 is 11.6 Å². The minimum Gasteiger partial charge on any atom is -0.383 e. The van der Waals surface area contributed by atoms with Gasteiger partial charge in [0.05, 0.1) is 6.42 Å². The monoisotopic (exact) mass is 260 g/mol. The Kier molecular flexibility index (Phi) is 4.83. The van der Waals surface area contributed by atoms with Crippen molar-refractivity contribution in [1.29, 1.82) is 0 Å². The van der Waals surface area contributed by atoms with Gasteiger partial charge in [-0.3, -0.25) is 4.79 Å². The molecule has 0 heterocycles. The number of rotatable bonds is 7. The first kappa shape index (κ1) is 13.9. The molecule has 1 aromatic rings. The number of carbonyl (C=O) groups excluding carboxylic acids is 1. The molecule has 1 unspecified atom stereocenters. The summed E-state index contributed by atoms with van der Waals surface area (Å²) in [5.74, 6) is 1.03. The van der Waals surface area contributed by atoms with Gasteiger partial charge in [0, 0.05) is 18.3 Å². The molecule has 3 nitrogen and oxygen atoms in total. The van der Waals surface area contributed by atoms with Crippen LogP contribution < -0.4 is 10.6 Å². The van der Waals surface area contributed by atoms with E-state index in [-0.39, 0.29) is 5.91 Å². The van der Waals surface area contributed by atoms with Gasteiger partial charge in [0.15, 0.2) is 0 Å². The van der Waals surface area contributed by atoms with Crippen LogP contribution in [-0.2, 0) is 11.2 Å². The van der Waals surface area contributed by atoms with Gasteiger partial charge in [-0.15, -0.1) is 0 Å². The molecule has 0 aromatic heterocycles. The largest absolute Gasteiger partial charge is 0.383 e. The highest BCUT2D eigenvalue weighted by atomic mass is 16.1. The van der Waals surface area contributed by atoms with Crippen LogP contribution in [0.5, 0.6) is 0 Å². The zero-order chi connectivity index (χ0) is 13.7. The van der Waals surface area contributed by atoms with Crippen molar-refractivity contribution in [3.8, 4) is 0 Å². The lowest BCUT2D eigenvalue weighted by atomic mass is 10.1. The van der Waals surface area contributed by atoms with Crippen LogP contribution in [-0.4, -0.2) is 18.5 Å². The first-order chi connectivity index (χ1) is 9.17. The summed E-state index contributed by atoms with van der Waals surface area (Å²) in [6, 6.07) is 8.72. The molecule has 2 rings (SSSR count). The molecule has 3 heteroatoms. The number of likely N-dealkylation sites (N-methyl/N-ethyl adjacent to an activating group) is 1. The Morgan fingerprint density at radius 1 is 1.32 bits per heavy atom. The fraction of sp³-hybridized carbons (Fsp3) is 0.562. The van der Waals surface area contributed by atoms with E-state index in [4.69, 9.17) is 0 Å². The Balaban J connectivity index is 1.81. The number of amides is 1. The molecule has 1 atom stereocenters. The maximum atomic E-state index is 11.5. The van der Waals surface area contributed by atoms with Crippen molar-refractivity contribution in [3.05, 3.63) is 29.8 Å². The van der Waals surface area contributed by atoms with Crippen molar-refractivity contribution in [1.82, 2.24) is 5.32 Å². The molecule has 1 aromatic carbocycles. The van der Waals surface area contributed by atoms with Crippen LogP contribution in [0.3, 0.4) is 0 Å². The lowest BCUT2D eigenvalue weighted by molar-refractivity contribution is -0.120. The first-order valence-corrected chi connectivity index (χ1v) is 7.29. The van der Waals surface area contributed by atoms with Crippen molar-refractivity contribution in [3.63, 3.8) is 0 Å². The van der Waals surface area contributed by atoms with Gasteiger partial charge in [-0.05, 0) is 43.9 Å². The Morgan fingerprint density at radius 3 is 2.58 bits per heavy atom. The maximum absolute atomic E-state index is 11.5. The molecule has 0 bridgehead atoms. The second-order valence-corrected chi connectivity index (χ2v) is 5.55. The van der Waals surface area contributed by atoms with Crippen molar-refractivity contribution < 1.29 is 4.79 Å². The van der Waals surface area contributed by atoms with E-state index in [1.54, 1.807) is 0 Å². The zero-order valence-corrected chi connectivity index (χ0v) is 11.9. The summed E-state index contributed by atoms with van der Waals surface area (Å²) >= 11 is 0. The molecule has 0 radical (unpaired) electrons. The third-order valence-corrected chi connectivity index (χ3v) is 3.49. The Labute approximate surface area is 115 Å². The van der Waals surface area contributed by atoms with Crippen LogP contribution in [0, 0.1) is 5.92 Å². The topological polar surface area (TPSA) is 41.1 Å². The third-order valence-electron chi connectivity index (χ3n) is 3.49. The summed E-state index contributed by atoms with van der Waals surface area (Å²) in [7, 11) is 0. The smallest absolute Gasteiger partial charge is 0.224 e. The Bertz CT molecular complexity index is 409. The predicted molar refractivity (Wildman–Crippen MR) is 79.3 cm³/mol. The number of carbonyl (C=O) groups is 1.